The van der Waals surface area contributed by atoms with E-state index in [1.54, 1.807) is 18.4 Å². The lowest BCUT2D eigenvalue weighted by Crippen LogP contribution is -2.17. The molecule has 29 heavy (non-hydrogen) atoms. The Kier molecular flexibility index (Phi) is 7.04. The molecule has 2 aromatic carbocycles. The molecule has 0 unspecified atom stereocenters. The molecular weight excluding hydrogens is 380 g/mol. The molecule has 0 saturated heterocycles. The average molecular weight is 409 g/mol. The number of aromatic nitrogens is 1. The van der Waals surface area contributed by atoms with Gasteiger partial charge in [-0.25, -0.2) is 0 Å². The number of rotatable bonds is 8. The minimum Gasteiger partial charge on any atom is -0.496 e. The van der Waals surface area contributed by atoms with Gasteiger partial charge < -0.3 is 9.30 Å². The summed E-state index contributed by atoms with van der Waals surface area (Å²) in [5.41, 5.74) is 4.39. The molecule has 152 valence electrons. The number of unbranched alkanes of at least 4 members (excludes halogenated alkanes) is 1. The highest BCUT2D eigenvalue weighted by Crippen LogP contribution is 2.21. The Balaban J connectivity index is 1.92. The van der Waals surface area contributed by atoms with Crippen LogP contribution in [0.1, 0.15) is 36.5 Å². The first kappa shape index (κ1) is 21.1. The van der Waals surface area contributed by atoms with E-state index < -0.39 is 0 Å². The molecular formula is C24H28N2O2S. The molecule has 0 fully saturated rings. The zero-order valence-corrected chi connectivity index (χ0v) is 18.2. The number of allylic oxidation sites excluding steroid dienone is 1. The molecule has 3 rings (SSSR count). The van der Waals surface area contributed by atoms with Gasteiger partial charge in [-0.15, -0.1) is 6.58 Å². The van der Waals surface area contributed by atoms with Gasteiger partial charge in [-0.3, -0.25) is 4.79 Å². The van der Waals surface area contributed by atoms with Crippen LogP contribution in [0.25, 0.3) is 10.2 Å². The largest absolute Gasteiger partial charge is 0.496 e. The Morgan fingerprint density at radius 2 is 2.03 bits per heavy atom. The van der Waals surface area contributed by atoms with E-state index in [9.17, 15) is 4.79 Å². The van der Waals surface area contributed by atoms with E-state index in [1.807, 2.05) is 31.2 Å². The molecule has 0 aliphatic heterocycles. The number of benzene rings is 2. The van der Waals surface area contributed by atoms with Gasteiger partial charge in [0.25, 0.3) is 5.91 Å². The van der Waals surface area contributed by atoms with Crippen LogP contribution < -0.4 is 9.54 Å². The van der Waals surface area contributed by atoms with E-state index in [4.69, 9.17) is 4.74 Å². The molecule has 5 heteroatoms. The Labute approximate surface area is 176 Å². The number of methoxy groups -OCH3 is 1. The fraction of sp³-hybridized carbons (Fsp3) is 0.333. The zero-order valence-electron chi connectivity index (χ0n) is 17.4. The average Bonchev–Trinajstić information content (AvgIpc) is 3.03. The van der Waals surface area contributed by atoms with Gasteiger partial charge in [-0.1, -0.05) is 49.0 Å². The summed E-state index contributed by atoms with van der Waals surface area (Å²) in [6.45, 7) is 8.67. The first-order valence-electron chi connectivity index (χ1n) is 10.00. The topological polar surface area (TPSA) is 43.6 Å². The number of aryl methyl sites for hydroxylation is 2. The van der Waals surface area contributed by atoms with Crippen molar-refractivity contribution in [2.75, 3.05) is 7.11 Å². The smallest absolute Gasteiger partial charge is 0.252 e. The van der Waals surface area contributed by atoms with Crippen molar-refractivity contribution in [1.29, 1.82) is 0 Å². The SMILES string of the molecule is C=CCn1c(=NC(=O)Cc2ccc(OC)c(C)c2)sc2cc(CCCC)ccc21. The number of hydrogen-bond acceptors (Lipinski definition) is 3. The highest BCUT2D eigenvalue weighted by atomic mass is 32.1. The highest BCUT2D eigenvalue weighted by Gasteiger charge is 2.09. The molecule has 1 aromatic heterocycles. The molecule has 0 aliphatic rings. The van der Waals surface area contributed by atoms with Crippen molar-refractivity contribution in [3.8, 4) is 5.75 Å². The van der Waals surface area contributed by atoms with Crippen LogP contribution >= 0.6 is 11.3 Å². The van der Waals surface area contributed by atoms with E-state index in [-0.39, 0.29) is 12.3 Å². The summed E-state index contributed by atoms with van der Waals surface area (Å²) in [6.07, 6.45) is 5.55. The fourth-order valence-electron chi connectivity index (χ4n) is 3.42. The molecule has 4 nitrogen and oxygen atoms in total. The Hall–Kier alpha value is -2.66. The number of hydrogen-bond donors (Lipinski definition) is 0. The second-order valence-electron chi connectivity index (χ2n) is 7.18. The maximum Gasteiger partial charge on any atom is 0.252 e. The summed E-state index contributed by atoms with van der Waals surface area (Å²) < 4.78 is 8.51. The van der Waals surface area contributed by atoms with Crippen LogP contribution in [0.15, 0.2) is 54.0 Å². The second kappa shape index (κ2) is 9.70. The Morgan fingerprint density at radius 1 is 1.24 bits per heavy atom. The van der Waals surface area contributed by atoms with Crippen LogP contribution in [0.3, 0.4) is 0 Å². The predicted molar refractivity (Wildman–Crippen MR) is 121 cm³/mol. The summed E-state index contributed by atoms with van der Waals surface area (Å²) in [6, 6.07) is 12.3. The predicted octanol–water partition coefficient (Wildman–Crippen LogP) is 5.22. The van der Waals surface area contributed by atoms with Crippen LogP contribution in [0.2, 0.25) is 0 Å². The normalized spacial score (nSPS) is 11.8. The van der Waals surface area contributed by atoms with E-state index >= 15 is 0 Å². The minimum atomic E-state index is -0.148. The van der Waals surface area contributed by atoms with Gasteiger partial charge in [-0.05, 0) is 54.7 Å². The van der Waals surface area contributed by atoms with Crippen molar-refractivity contribution in [2.45, 2.75) is 46.1 Å². The Bertz CT molecular complexity index is 1090. The van der Waals surface area contributed by atoms with Crippen LogP contribution in [0.5, 0.6) is 5.75 Å². The van der Waals surface area contributed by atoms with E-state index in [1.165, 1.54) is 18.4 Å². The van der Waals surface area contributed by atoms with Crippen LogP contribution in [0, 0.1) is 6.92 Å². The maximum atomic E-state index is 12.7. The molecule has 0 N–H and O–H groups in total. The number of thiazole rings is 1. The lowest BCUT2D eigenvalue weighted by atomic mass is 10.1. The molecule has 1 heterocycles. The molecule has 0 radical (unpaired) electrons. The number of carbonyl (C=O) groups is 1. The zero-order chi connectivity index (χ0) is 20.8. The highest BCUT2D eigenvalue weighted by molar-refractivity contribution is 7.16. The Morgan fingerprint density at radius 3 is 2.72 bits per heavy atom. The lowest BCUT2D eigenvalue weighted by Gasteiger charge is -2.06. The number of carbonyl (C=O) groups excluding carboxylic acids is 1. The van der Waals surface area contributed by atoms with Crippen LogP contribution in [-0.2, 0) is 24.2 Å². The molecule has 0 atom stereocenters. The van der Waals surface area contributed by atoms with Crippen molar-refractivity contribution in [3.05, 3.63) is 70.5 Å². The number of amides is 1. The van der Waals surface area contributed by atoms with Gasteiger partial charge in [0, 0.05) is 6.54 Å². The fourth-order valence-corrected chi connectivity index (χ4v) is 4.54. The van der Waals surface area contributed by atoms with E-state index in [2.05, 4.69) is 41.3 Å². The minimum absolute atomic E-state index is 0.148. The monoisotopic (exact) mass is 408 g/mol. The van der Waals surface area contributed by atoms with Gasteiger partial charge in [0.1, 0.15) is 5.75 Å². The van der Waals surface area contributed by atoms with Crippen molar-refractivity contribution < 1.29 is 9.53 Å². The second-order valence-corrected chi connectivity index (χ2v) is 8.18. The van der Waals surface area contributed by atoms with Crippen LogP contribution in [-0.4, -0.2) is 17.6 Å². The maximum absolute atomic E-state index is 12.7. The number of ether oxygens (including phenoxy) is 1. The first-order chi connectivity index (χ1) is 14.0. The molecule has 0 bridgehead atoms. The van der Waals surface area contributed by atoms with Crippen molar-refractivity contribution in [1.82, 2.24) is 4.57 Å². The van der Waals surface area contributed by atoms with Gasteiger partial charge in [0.05, 0.1) is 23.7 Å². The molecule has 0 aliphatic carbocycles. The third-order valence-corrected chi connectivity index (χ3v) is 5.95. The standard InChI is InChI=1S/C24H28N2O2S/c1-5-7-8-18-9-11-20-22(15-18)29-24(26(20)13-6-2)25-23(27)16-19-10-12-21(28-4)17(3)14-19/h6,9-12,14-15H,2,5,7-8,13,16H2,1,3-4H3. The summed E-state index contributed by atoms with van der Waals surface area (Å²) >= 11 is 1.57. The molecule has 1 amide bonds. The molecule has 3 aromatic rings. The van der Waals surface area contributed by atoms with Gasteiger partial charge >= 0.3 is 0 Å². The number of nitrogens with zero attached hydrogens (tertiary/aromatic N) is 2. The first-order valence-corrected chi connectivity index (χ1v) is 10.8. The summed E-state index contributed by atoms with van der Waals surface area (Å²) in [7, 11) is 1.65. The van der Waals surface area contributed by atoms with Gasteiger partial charge in [0.2, 0.25) is 0 Å². The number of fused-ring (bicyclic) bond motifs is 1. The summed E-state index contributed by atoms with van der Waals surface area (Å²) in [4.78, 5) is 17.8. The lowest BCUT2D eigenvalue weighted by molar-refractivity contribution is -0.117. The van der Waals surface area contributed by atoms with Gasteiger partial charge in [0.15, 0.2) is 4.80 Å². The quantitative estimate of drug-likeness (QED) is 0.480. The molecule has 0 spiro atoms. The molecule has 0 saturated carbocycles. The summed E-state index contributed by atoms with van der Waals surface area (Å²) in [5, 5.41) is 0. The van der Waals surface area contributed by atoms with E-state index in [0.717, 1.165) is 38.3 Å². The van der Waals surface area contributed by atoms with Crippen molar-refractivity contribution in [2.24, 2.45) is 4.99 Å². The van der Waals surface area contributed by atoms with Gasteiger partial charge in [-0.2, -0.15) is 4.99 Å². The third kappa shape index (κ3) is 5.04. The summed E-state index contributed by atoms with van der Waals surface area (Å²) in [5.74, 6) is 0.676. The van der Waals surface area contributed by atoms with E-state index in [0.29, 0.717) is 6.54 Å². The van der Waals surface area contributed by atoms with Crippen molar-refractivity contribution in [3.63, 3.8) is 0 Å². The third-order valence-electron chi connectivity index (χ3n) is 4.91. The van der Waals surface area contributed by atoms with Crippen molar-refractivity contribution >= 4 is 27.5 Å². The van der Waals surface area contributed by atoms with Crippen LogP contribution in [0.4, 0.5) is 0 Å².